The molecule has 0 saturated heterocycles. The van der Waals surface area contributed by atoms with Crippen molar-refractivity contribution in [3.05, 3.63) is 60.2 Å². The van der Waals surface area contributed by atoms with Gasteiger partial charge in [0.2, 0.25) is 0 Å². The number of esters is 1. The van der Waals surface area contributed by atoms with Crippen molar-refractivity contribution < 1.29 is 19.2 Å². The van der Waals surface area contributed by atoms with Crippen LogP contribution in [0.15, 0.2) is 59.1 Å². The number of nitrogens with zero attached hydrogens (tertiary/aromatic N) is 1. The lowest BCUT2D eigenvalue weighted by Crippen LogP contribution is -2.06. The highest BCUT2D eigenvalue weighted by molar-refractivity contribution is 6.02. The average molecular weight is 309 g/mol. The Bertz CT molecular complexity index is 824. The Morgan fingerprint density at radius 2 is 1.83 bits per heavy atom. The van der Waals surface area contributed by atoms with Crippen molar-refractivity contribution in [3.8, 4) is 28.3 Å². The fourth-order valence-corrected chi connectivity index (χ4v) is 2.33. The number of ether oxygens (including phenoxy) is 1. The number of hydrogen-bond donors (Lipinski definition) is 1. The van der Waals surface area contributed by atoms with E-state index in [9.17, 15) is 9.90 Å². The van der Waals surface area contributed by atoms with E-state index in [-0.39, 0.29) is 23.7 Å². The quantitative estimate of drug-likeness (QED) is 0.740. The molecule has 5 nitrogen and oxygen atoms in total. The van der Waals surface area contributed by atoms with E-state index in [0.717, 1.165) is 5.56 Å². The van der Waals surface area contributed by atoms with E-state index in [2.05, 4.69) is 5.16 Å². The van der Waals surface area contributed by atoms with Crippen LogP contribution in [0.4, 0.5) is 0 Å². The van der Waals surface area contributed by atoms with Gasteiger partial charge in [0.05, 0.1) is 12.2 Å². The number of carbonyl (C=O) groups is 1. The van der Waals surface area contributed by atoms with E-state index in [1.165, 1.54) is 6.07 Å². The topological polar surface area (TPSA) is 72.6 Å². The zero-order valence-corrected chi connectivity index (χ0v) is 12.5. The Morgan fingerprint density at radius 3 is 2.52 bits per heavy atom. The summed E-state index contributed by atoms with van der Waals surface area (Å²) >= 11 is 0. The van der Waals surface area contributed by atoms with Gasteiger partial charge in [-0.3, -0.25) is 0 Å². The summed E-state index contributed by atoms with van der Waals surface area (Å²) in [5, 5.41) is 14.1. The van der Waals surface area contributed by atoms with Crippen LogP contribution < -0.4 is 0 Å². The molecule has 0 aliphatic rings. The molecule has 0 amide bonds. The van der Waals surface area contributed by atoms with Gasteiger partial charge in [-0.1, -0.05) is 47.6 Å². The Morgan fingerprint density at radius 1 is 1.13 bits per heavy atom. The summed E-state index contributed by atoms with van der Waals surface area (Å²) in [6.45, 7) is 1.96. The van der Waals surface area contributed by atoms with Crippen molar-refractivity contribution in [2.24, 2.45) is 0 Å². The summed E-state index contributed by atoms with van der Waals surface area (Å²) in [6, 6.07) is 15.8. The van der Waals surface area contributed by atoms with Crippen molar-refractivity contribution in [3.63, 3.8) is 0 Å². The molecule has 23 heavy (non-hydrogen) atoms. The first kappa shape index (κ1) is 14.8. The van der Waals surface area contributed by atoms with Crippen molar-refractivity contribution in [2.45, 2.75) is 6.92 Å². The summed E-state index contributed by atoms with van der Waals surface area (Å²) in [6.07, 6.45) is 0. The molecule has 0 aliphatic heterocycles. The highest BCUT2D eigenvalue weighted by atomic mass is 16.5. The van der Waals surface area contributed by atoms with E-state index in [0.29, 0.717) is 11.3 Å². The molecule has 0 unspecified atom stereocenters. The summed E-state index contributed by atoms with van der Waals surface area (Å²) in [5.74, 6) is -0.333. The standard InChI is InChI=1S/C18H15NO4/c1-2-22-18(21)15-16(12-8-4-3-5-9-12)19-23-17(15)13-10-6-7-11-14(13)20/h3-11,20H,2H2,1H3. The van der Waals surface area contributed by atoms with Gasteiger partial charge >= 0.3 is 5.97 Å². The van der Waals surface area contributed by atoms with Gasteiger partial charge in [-0.2, -0.15) is 0 Å². The molecule has 0 radical (unpaired) electrons. The molecule has 116 valence electrons. The van der Waals surface area contributed by atoms with Crippen molar-refractivity contribution >= 4 is 5.97 Å². The summed E-state index contributed by atoms with van der Waals surface area (Å²) in [7, 11) is 0. The van der Waals surface area contributed by atoms with Crippen LogP contribution in [-0.4, -0.2) is 22.8 Å². The van der Waals surface area contributed by atoms with Crippen LogP contribution in [0, 0.1) is 0 Å². The highest BCUT2D eigenvalue weighted by Crippen LogP contribution is 2.36. The number of rotatable bonds is 4. The normalized spacial score (nSPS) is 10.5. The van der Waals surface area contributed by atoms with Crippen molar-refractivity contribution in [1.29, 1.82) is 0 Å². The number of phenolic OH excluding ortho intramolecular Hbond substituents is 1. The molecule has 2 aromatic carbocycles. The van der Waals surface area contributed by atoms with Gasteiger partial charge in [0.15, 0.2) is 5.76 Å². The zero-order chi connectivity index (χ0) is 16.2. The molecular weight excluding hydrogens is 294 g/mol. The molecule has 0 saturated carbocycles. The second-order valence-electron chi connectivity index (χ2n) is 4.84. The molecule has 3 aromatic rings. The van der Waals surface area contributed by atoms with Crippen LogP contribution in [0.5, 0.6) is 5.75 Å². The van der Waals surface area contributed by atoms with E-state index < -0.39 is 5.97 Å². The number of benzene rings is 2. The fraction of sp³-hybridized carbons (Fsp3) is 0.111. The van der Waals surface area contributed by atoms with Gasteiger partial charge in [0, 0.05) is 5.56 Å². The van der Waals surface area contributed by atoms with E-state index in [1.54, 1.807) is 25.1 Å². The van der Waals surface area contributed by atoms with Gasteiger partial charge in [0.25, 0.3) is 0 Å². The fourth-order valence-electron chi connectivity index (χ4n) is 2.33. The summed E-state index contributed by atoms with van der Waals surface area (Å²) < 4.78 is 10.5. The molecule has 5 heteroatoms. The molecule has 3 rings (SSSR count). The third-order valence-electron chi connectivity index (χ3n) is 3.37. The summed E-state index contributed by atoms with van der Waals surface area (Å²) in [5.41, 5.74) is 1.73. The van der Waals surface area contributed by atoms with Crippen molar-refractivity contribution in [1.82, 2.24) is 5.16 Å². The van der Waals surface area contributed by atoms with Crippen LogP contribution >= 0.6 is 0 Å². The van der Waals surface area contributed by atoms with Gasteiger partial charge < -0.3 is 14.4 Å². The van der Waals surface area contributed by atoms with Crippen LogP contribution in [0.1, 0.15) is 17.3 Å². The number of aromatic hydroxyl groups is 1. The first-order valence-corrected chi connectivity index (χ1v) is 7.23. The van der Waals surface area contributed by atoms with Crippen LogP contribution in [-0.2, 0) is 4.74 Å². The maximum atomic E-state index is 12.4. The lowest BCUT2D eigenvalue weighted by molar-refractivity contribution is 0.0527. The van der Waals surface area contributed by atoms with Crippen LogP contribution in [0.25, 0.3) is 22.6 Å². The molecule has 1 aromatic heterocycles. The van der Waals surface area contributed by atoms with Crippen LogP contribution in [0.3, 0.4) is 0 Å². The lowest BCUT2D eigenvalue weighted by atomic mass is 10.0. The number of aromatic nitrogens is 1. The largest absolute Gasteiger partial charge is 0.507 e. The van der Waals surface area contributed by atoms with Crippen molar-refractivity contribution in [2.75, 3.05) is 6.61 Å². The van der Waals surface area contributed by atoms with Gasteiger partial charge in [0.1, 0.15) is 17.0 Å². The third-order valence-corrected chi connectivity index (χ3v) is 3.37. The Hall–Kier alpha value is -3.08. The minimum Gasteiger partial charge on any atom is -0.507 e. The maximum Gasteiger partial charge on any atom is 0.344 e. The SMILES string of the molecule is CCOC(=O)c1c(-c2ccccc2)noc1-c1ccccc1O. The summed E-state index contributed by atoms with van der Waals surface area (Å²) in [4.78, 5) is 12.4. The Kier molecular flexibility index (Phi) is 4.10. The van der Waals surface area contributed by atoms with Gasteiger partial charge in [-0.05, 0) is 19.1 Å². The van der Waals surface area contributed by atoms with E-state index >= 15 is 0 Å². The number of para-hydroxylation sites is 1. The highest BCUT2D eigenvalue weighted by Gasteiger charge is 2.27. The number of phenols is 1. The number of hydrogen-bond acceptors (Lipinski definition) is 5. The van der Waals surface area contributed by atoms with Crippen LogP contribution in [0.2, 0.25) is 0 Å². The predicted molar refractivity (Wildman–Crippen MR) is 85.0 cm³/mol. The lowest BCUT2D eigenvalue weighted by Gasteiger charge is -2.05. The molecular formula is C18H15NO4. The number of carbonyl (C=O) groups excluding carboxylic acids is 1. The minimum absolute atomic E-state index is 0.00816. The minimum atomic E-state index is -0.536. The van der Waals surface area contributed by atoms with Gasteiger partial charge in [-0.15, -0.1) is 0 Å². The Labute approximate surface area is 133 Å². The third kappa shape index (κ3) is 2.81. The maximum absolute atomic E-state index is 12.4. The molecule has 0 atom stereocenters. The van der Waals surface area contributed by atoms with Gasteiger partial charge in [-0.25, -0.2) is 4.79 Å². The smallest absolute Gasteiger partial charge is 0.344 e. The Balaban J connectivity index is 2.20. The monoisotopic (exact) mass is 309 g/mol. The predicted octanol–water partition coefficient (Wildman–Crippen LogP) is 3.89. The molecule has 0 spiro atoms. The molecule has 1 heterocycles. The molecule has 0 bridgehead atoms. The second-order valence-corrected chi connectivity index (χ2v) is 4.84. The molecule has 0 fully saturated rings. The first-order valence-electron chi connectivity index (χ1n) is 7.23. The molecule has 0 aliphatic carbocycles. The van der Waals surface area contributed by atoms with E-state index in [4.69, 9.17) is 9.26 Å². The first-order chi connectivity index (χ1) is 11.2. The zero-order valence-electron chi connectivity index (χ0n) is 12.5. The average Bonchev–Trinajstić information content (AvgIpc) is 3.01. The molecule has 1 N–H and O–H groups in total. The van der Waals surface area contributed by atoms with E-state index in [1.807, 2.05) is 30.3 Å². The second kappa shape index (κ2) is 6.36.